The molecule has 0 saturated carbocycles. The number of hydrogen-bond donors (Lipinski definition) is 1. The highest BCUT2D eigenvalue weighted by molar-refractivity contribution is 7.17. The van der Waals surface area contributed by atoms with Gasteiger partial charge in [-0.25, -0.2) is 0 Å². The summed E-state index contributed by atoms with van der Waals surface area (Å²) < 4.78 is 0. The zero-order valence-electron chi connectivity index (χ0n) is 5.13. The standard InChI is InChI=1S/C7H5NOS/c9-3-5-4-10-7-6(5)1-2-8-7/h1-4,8H. The summed E-state index contributed by atoms with van der Waals surface area (Å²) >= 11 is 1.56. The number of rotatable bonds is 1. The molecule has 2 aromatic rings. The minimum absolute atomic E-state index is 0.779. The summed E-state index contributed by atoms with van der Waals surface area (Å²) in [6.45, 7) is 0. The maximum absolute atomic E-state index is 10.4. The number of H-pyrrole nitrogens is 1. The smallest absolute Gasteiger partial charge is 0.151 e. The van der Waals surface area contributed by atoms with Gasteiger partial charge in [-0.3, -0.25) is 4.79 Å². The molecule has 0 amide bonds. The molecule has 0 bridgehead atoms. The largest absolute Gasteiger partial charge is 0.353 e. The summed E-state index contributed by atoms with van der Waals surface area (Å²) in [6.07, 6.45) is 2.72. The molecule has 0 spiro atoms. The van der Waals surface area contributed by atoms with E-state index in [-0.39, 0.29) is 0 Å². The first kappa shape index (κ1) is 5.68. The van der Waals surface area contributed by atoms with Crippen LogP contribution in [0.15, 0.2) is 17.6 Å². The van der Waals surface area contributed by atoms with E-state index in [4.69, 9.17) is 0 Å². The van der Waals surface area contributed by atoms with Crippen LogP contribution in [0.25, 0.3) is 10.2 Å². The summed E-state index contributed by atoms with van der Waals surface area (Å²) in [7, 11) is 0. The maximum Gasteiger partial charge on any atom is 0.151 e. The van der Waals surface area contributed by atoms with Crippen molar-refractivity contribution >= 4 is 27.8 Å². The lowest BCUT2D eigenvalue weighted by molar-refractivity contribution is 0.112. The maximum atomic E-state index is 10.4. The highest BCUT2D eigenvalue weighted by Gasteiger charge is 2.01. The lowest BCUT2D eigenvalue weighted by atomic mass is 10.3. The van der Waals surface area contributed by atoms with Gasteiger partial charge in [-0.1, -0.05) is 0 Å². The number of fused-ring (bicyclic) bond motifs is 1. The highest BCUT2D eigenvalue weighted by atomic mass is 32.1. The Morgan fingerprint density at radius 1 is 1.60 bits per heavy atom. The van der Waals surface area contributed by atoms with Gasteiger partial charge in [-0.05, 0) is 6.07 Å². The highest BCUT2D eigenvalue weighted by Crippen LogP contribution is 2.22. The fourth-order valence-electron chi connectivity index (χ4n) is 0.956. The SMILES string of the molecule is O=Cc1csc2[nH]ccc12. The van der Waals surface area contributed by atoms with Gasteiger partial charge in [-0.15, -0.1) is 11.3 Å². The van der Waals surface area contributed by atoms with Gasteiger partial charge in [0.25, 0.3) is 0 Å². The van der Waals surface area contributed by atoms with Crippen LogP contribution in [0.2, 0.25) is 0 Å². The quantitative estimate of drug-likeness (QED) is 0.621. The molecule has 2 aromatic heterocycles. The first-order valence-electron chi connectivity index (χ1n) is 2.91. The molecule has 0 aliphatic carbocycles. The molecule has 3 heteroatoms. The van der Waals surface area contributed by atoms with E-state index in [2.05, 4.69) is 4.98 Å². The Hall–Kier alpha value is -1.09. The van der Waals surface area contributed by atoms with Crippen molar-refractivity contribution in [3.63, 3.8) is 0 Å². The second kappa shape index (κ2) is 1.95. The predicted octanol–water partition coefficient (Wildman–Crippen LogP) is 2.04. The third-order valence-electron chi connectivity index (χ3n) is 1.45. The average molecular weight is 151 g/mol. The first-order chi connectivity index (χ1) is 4.92. The van der Waals surface area contributed by atoms with Gasteiger partial charge in [-0.2, -0.15) is 0 Å². The molecular formula is C7H5NOS. The zero-order chi connectivity index (χ0) is 6.97. The van der Waals surface area contributed by atoms with Crippen molar-refractivity contribution in [1.29, 1.82) is 0 Å². The van der Waals surface area contributed by atoms with E-state index in [1.165, 1.54) is 0 Å². The van der Waals surface area contributed by atoms with Crippen LogP contribution in [0.4, 0.5) is 0 Å². The van der Waals surface area contributed by atoms with E-state index < -0.39 is 0 Å². The van der Waals surface area contributed by atoms with Crippen LogP contribution in [0.5, 0.6) is 0 Å². The molecule has 0 aliphatic rings. The Morgan fingerprint density at radius 3 is 3.30 bits per heavy atom. The van der Waals surface area contributed by atoms with Crippen molar-refractivity contribution in [2.24, 2.45) is 0 Å². The molecule has 2 heterocycles. The number of aldehydes is 1. The number of aromatic nitrogens is 1. The number of nitrogens with one attached hydrogen (secondary N) is 1. The van der Waals surface area contributed by atoms with Crippen LogP contribution in [0.3, 0.4) is 0 Å². The second-order valence-corrected chi connectivity index (χ2v) is 2.91. The van der Waals surface area contributed by atoms with Crippen LogP contribution in [-0.2, 0) is 0 Å². The Bertz CT molecular complexity index is 360. The molecule has 1 N–H and O–H groups in total. The Morgan fingerprint density at radius 2 is 2.50 bits per heavy atom. The van der Waals surface area contributed by atoms with Crippen LogP contribution >= 0.6 is 11.3 Å². The molecule has 0 fully saturated rings. The van der Waals surface area contributed by atoms with Gasteiger partial charge >= 0.3 is 0 Å². The molecule has 2 rings (SSSR count). The molecule has 0 aliphatic heterocycles. The summed E-state index contributed by atoms with van der Waals surface area (Å²) in [5.74, 6) is 0. The van der Waals surface area contributed by atoms with Crippen LogP contribution in [-0.4, -0.2) is 11.3 Å². The van der Waals surface area contributed by atoms with Crippen molar-refractivity contribution in [2.75, 3.05) is 0 Å². The topological polar surface area (TPSA) is 32.9 Å². The summed E-state index contributed by atoms with van der Waals surface area (Å²) in [4.78, 5) is 14.5. The molecule has 0 atom stereocenters. The van der Waals surface area contributed by atoms with E-state index in [9.17, 15) is 4.79 Å². The minimum Gasteiger partial charge on any atom is -0.353 e. The van der Waals surface area contributed by atoms with E-state index in [1.54, 1.807) is 11.3 Å². The number of carbonyl (C=O) groups is 1. The van der Waals surface area contributed by atoms with Crippen molar-refractivity contribution < 1.29 is 4.79 Å². The van der Waals surface area contributed by atoms with Crippen molar-refractivity contribution in [3.8, 4) is 0 Å². The van der Waals surface area contributed by atoms with E-state index in [1.807, 2.05) is 17.6 Å². The molecule has 0 aromatic carbocycles. The van der Waals surface area contributed by atoms with E-state index in [0.29, 0.717) is 0 Å². The third kappa shape index (κ3) is 0.609. The fourth-order valence-corrected chi connectivity index (χ4v) is 1.83. The van der Waals surface area contributed by atoms with Crippen LogP contribution < -0.4 is 0 Å². The first-order valence-corrected chi connectivity index (χ1v) is 3.79. The Kier molecular flexibility index (Phi) is 1.11. The normalized spacial score (nSPS) is 10.4. The molecule has 2 nitrogen and oxygen atoms in total. The van der Waals surface area contributed by atoms with Gasteiger partial charge in [0, 0.05) is 22.5 Å². The monoisotopic (exact) mass is 151 g/mol. The molecule has 0 unspecified atom stereocenters. The third-order valence-corrected chi connectivity index (χ3v) is 2.40. The number of carbonyl (C=O) groups excluding carboxylic acids is 1. The molecule has 0 saturated heterocycles. The number of hydrogen-bond acceptors (Lipinski definition) is 2. The Balaban J connectivity index is 2.88. The van der Waals surface area contributed by atoms with Crippen LogP contribution in [0.1, 0.15) is 10.4 Å². The lowest BCUT2D eigenvalue weighted by Crippen LogP contribution is -1.69. The van der Waals surface area contributed by atoms with Gasteiger partial charge in [0.1, 0.15) is 4.83 Å². The summed E-state index contributed by atoms with van der Waals surface area (Å²) in [5.41, 5.74) is 0.779. The fraction of sp³-hybridized carbons (Fsp3) is 0. The van der Waals surface area contributed by atoms with Crippen molar-refractivity contribution in [1.82, 2.24) is 4.98 Å². The zero-order valence-corrected chi connectivity index (χ0v) is 5.94. The summed E-state index contributed by atoms with van der Waals surface area (Å²) in [5, 5.41) is 2.88. The number of thiophene rings is 1. The number of aromatic amines is 1. The van der Waals surface area contributed by atoms with Crippen LogP contribution in [0, 0.1) is 0 Å². The van der Waals surface area contributed by atoms with E-state index in [0.717, 1.165) is 22.1 Å². The van der Waals surface area contributed by atoms with Crippen molar-refractivity contribution in [3.05, 3.63) is 23.2 Å². The molecular weight excluding hydrogens is 146 g/mol. The van der Waals surface area contributed by atoms with Gasteiger partial charge in [0.15, 0.2) is 6.29 Å². The molecule has 10 heavy (non-hydrogen) atoms. The molecule has 50 valence electrons. The van der Waals surface area contributed by atoms with E-state index >= 15 is 0 Å². The Labute approximate surface area is 61.5 Å². The molecule has 0 radical (unpaired) electrons. The predicted molar refractivity (Wildman–Crippen MR) is 41.6 cm³/mol. The summed E-state index contributed by atoms with van der Waals surface area (Å²) in [6, 6.07) is 1.91. The second-order valence-electron chi connectivity index (χ2n) is 2.03. The van der Waals surface area contributed by atoms with Crippen molar-refractivity contribution in [2.45, 2.75) is 0 Å². The van der Waals surface area contributed by atoms with Gasteiger partial charge in [0.05, 0.1) is 0 Å². The van der Waals surface area contributed by atoms with Gasteiger partial charge < -0.3 is 4.98 Å². The van der Waals surface area contributed by atoms with Gasteiger partial charge in [0.2, 0.25) is 0 Å². The minimum atomic E-state index is 0.779. The lowest BCUT2D eigenvalue weighted by Gasteiger charge is -1.75. The average Bonchev–Trinajstić information content (AvgIpc) is 2.44.